The number of aromatic nitrogens is 1. The first kappa shape index (κ1) is 17.3. The number of fused-ring (bicyclic) bond motifs is 5. The van der Waals surface area contributed by atoms with Gasteiger partial charge in [-0.2, -0.15) is 0 Å². The second-order valence-corrected chi connectivity index (χ2v) is 7.01. The van der Waals surface area contributed by atoms with Gasteiger partial charge in [-0.25, -0.2) is 0 Å². The van der Waals surface area contributed by atoms with Crippen LogP contribution >= 0.6 is 0 Å². The summed E-state index contributed by atoms with van der Waals surface area (Å²) < 4.78 is 1.83. The van der Waals surface area contributed by atoms with Gasteiger partial charge in [-0.05, 0) is 26.2 Å². The zero-order valence-corrected chi connectivity index (χ0v) is 15.3. The Morgan fingerprint density at radius 2 is 1.85 bits per heavy atom. The first-order chi connectivity index (χ1) is 13.0. The van der Waals surface area contributed by atoms with E-state index in [-0.39, 0.29) is 24.0 Å². The van der Waals surface area contributed by atoms with E-state index in [0.29, 0.717) is 34.3 Å². The van der Waals surface area contributed by atoms with Crippen LogP contribution in [0.15, 0.2) is 42.5 Å². The molecule has 2 N–H and O–H groups in total. The number of hydrogen-bond acceptors (Lipinski definition) is 4. The Morgan fingerprint density at radius 3 is 2.59 bits per heavy atom. The fourth-order valence-electron chi connectivity index (χ4n) is 3.69. The number of aromatic hydroxyl groups is 1. The van der Waals surface area contributed by atoms with Gasteiger partial charge in [0.15, 0.2) is 5.78 Å². The number of carbonyl (C=O) groups is 2. The number of rotatable bonds is 5. The third-order valence-corrected chi connectivity index (χ3v) is 4.90. The van der Waals surface area contributed by atoms with Crippen LogP contribution in [0.2, 0.25) is 0 Å². The number of phenols is 1. The summed E-state index contributed by atoms with van der Waals surface area (Å²) in [6.07, 6.45) is 0. The zero-order valence-electron chi connectivity index (χ0n) is 15.3. The molecule has 4 rings (SSSR count). The summed E-state index contributed by atoms with van der Waals surface area (Å²) >= 11 is 0. The van der Waals surface area contributed by atoms with Gasteiger partial charge in [0.1, 0.15) is 12.3 Å². The molecule has 1 aromatic heterocycles. The fraction of sp³-hybridized carbons (Fsp3) is 0.238. The second-order valence-electron chi connectivity index (χ2n) is 7.01. The molecule has 0 fully saturated rings. The maximum Gasteiger partial charge on any atom is 0.240 e. The number of likely N-dealkylation sites (N-methyl/N-ethyl adjacent to an activating group) is 1. The molecule has 6 heteroatoms. The highest BCUT2D eigenvalue weighted by Gasteiger charge is 2.34. The SMILES string of the molecule is CN(C)CCNC(=O)Cn1c2c(c3c(O)cccc31)C(=O)c1ccccc1-2. The molecule has 0 spiro atoms. The molecule has 6 nitrogen and oxygen atoms in total. The van der Waals surface area contributed by atoms with E-state index >= 15 is 0 Å². The van der Waals surface area contributed by atoms with Crippen molar-refractivity contribution >= 4 is 22.6 Å². The largest absolute Gasteiger partial charge is 0.507 e. The van der Waals surface area contributed by atoms with Crippen LogP contribution in [0.1, 0.15) is 15.9 Å². The summed E-state index contributed by atoms with van der Waals surface area (Å²) in [5.41, 5.74) is 3.27. The number of amides is 1. The van der Waals surface area contributed by atoms with Gasteiger partial charge in [0, 0.05) is 24.2 Å². The zero-order chi connectivity index (χ0) is 19.1. The van der Waals surface area contributed by atoms with E-state index in [4.69, 9.17) is 0 Å². The molecule has 0 aliphatic heterocycles. The van der Waals surface area contributed by atoms with Crippen molar-refractivity contribution in [2.24, 2.45) is 0 Å². The molecule has 1 amide bonds. The van der Waals surface area contributed by atoms with Gasteiger partial charge in [-0.15, -0.1) is 0 Å². The molecule has 1 heterocycles. The third-order valence-electron chi connectivity index (χ3n) is 4.90. The van der Waals surface area contributed by atoms with Crippen molar-refractivity contribution in [1.82, 2.24) is 14.8 Å². The summed E-state index contributed by atoms with van der Waals surface area (Å²) in [6.45, 7) is 1.39. The van der Waals surface area contributed by atoms with Crippen molar-refractivity contribution in [2.45, 2.75) is 6.54 Å². The molecule has 3 aromatic rings. The van der Waals surface area contributed by atoms with Crippen molar-refractivity contribution in [3.8, 4) is 17.0 Å². The van der Waals surface area contributed by atoms with Crippen LogP contribution in [0.25, 0.3) is 22.2 Å². The lowest BCUT2D eigenvalue weighted by Crippen LogP contribution is -2.33. The van der Waals surface area contributed by atoms with Crippen molar-refractivity contribution in [2.75, 3.05) is 27.2 Å². The molecule has 2 aromatic carbocycles. The number of carbonyl (C=O) groups excluding carboxylic acids is 2. The van der Waals surface area contributed by atoms with Gasteiger partial charge in [-0.1, -0.05) is 30.3 Å². The quantitative estimate of drug-likeness (QED) is 0.570. The summed E-state index contributed by atoms with van der Waals surface area (Å²) in [7, 11) is 3.90. The molecule has 0 saturated heterocycles. The van der Waals surface area contributed by atoms with Crippen LogP contribution in [-0.2, 0) is 11.3 Å². The normalized spacial score (nSPS) is 12.5. The van der Waals surface area contributed by atoms with Gasteiger partial charge < -0.3 is 19.9 Å². The van der Waals surface area contributed by atoms with Crippen molar-refractivity contribution in [3.05, 3.63) is 53.6 Å². The van der Waals surface area contributed by atoms with Gasteiger partial charge in [0.2, 0.25) is 5.91 Å². The predicted octanol–water partition coefficient (Wildman–Crippen LogP) is 2.24. The van der Waals surface area contributed by atoms with Crippen LogP contribution in [0.3, 0.4) is 0 Å². The monoisotopic (exact) mass is 363 g/mol. The molecule has 0 bridgehead atoms. The second kappa shape index (κ2) is 6.55. The Morgan fingerprint density at radius 1 is 1.11 bits per heavy atom. The van der Waals surface area contributed by atoms with E-state index in [9.17, 15) is 14.7 Å². The third kappa shape index (κ3) is 2.78. The smallest absolute Gasteiger partial charge is 0.240 e. The van der Waals surface area contributed by atoms with Crippen LogP contribution < -0.4 is 5.32 Å². The van der Waals surface area contributed by atoms with Gasteiger partial charge in [0.05, 0.1) is 22.2 Å². The topological polar surface area (TPSA) is 74.6 Å². The lowest BCUT2D eigenvalue weighted by atomic mass is 10.1. The first-order valence-corrected chi connectivity index (χ1v) is 8.88. The molecular formula is C21H21N3O3. The minimum Gasteiger partial charge on any atom is -0.507 e. The molecular weight excluding hydrogens is 342 g/mol. The van der Waals surface area contributed by atoms with Gasteiger partial charge in [-0.3, -0.25) is 9.59 Å². The average molecular weight is 363 g/mol. The molecule has 27 heavy (non-hydrogen) atoms. The van der Waals surface area contributed by atoms with Gasteiger partial charge >= 0.3 is 0 Å². The van der Waals surface area contributed by atoms with Crippen LogP contribution in [0.5, 0.6) is 5.75 Å². The number of ketones is 1. The molecule has 1 aliphatic rings. The van der Waals surface area contributed by atoms with Crippen molar-refractivity contribution < 1.29 is 14.7 Å². The van der Waals surface area contributed by atoms with Crippen molar-refractivity contribution in [1.29, 1.82) is 0 Å². The van der Waals surface area contributed by atoms with E-state index in [1.54, 1.807) is 18.2 Å². The highest BCUT2D eigenvalue weighted by atomic mass is 16.3. The van der Waals surface area contributed by atoms with Crippen LogP contribution in [0.4, 0.5) is 0 Å². The van der Waals surface area contributed by atoms with E-state index in [1.165, 1.54) is 0 Å². The predicted molar refractivity (Wildman–Crippen MR) is 104 cm³/mol. The van der Waals surface area contributed by atoms with E-state index in [2.05, 4.69) is 5.32 Å². The maximum atomic E-state index is 13.0. The number of nitrogens with zero attached hydrogens (tertiary/aromatic N) is 2. The minimum absolute atomic E-state index is 0.0525. The summed E-state index contributed by atoms with van der Waals surface area (Å²) in [5.74, 6) is -0.188. The van der Waals surface area contributed by atoms with E-state index in [1.807, 2.05) is 47.8 Å². The number of hydrogen-bond donors (Lipinski definition) is 2. The Balaban J connectivity index is 1.81. The summed E-state index contributed by atoms with van der Waals surface area (Å²) in [4.78, 5) is 27.5. The molecule has 0 unspecified atom stereocenters. The Hall–Kier alpha value is -3.12. The lowest BCUT2D eigenvalue weighted by Gasteiger charge is -2.13. The van der Waals surface area contributed by atoms with E-state index in [0.717, 1.165) is 12.1 Å². The number of phenolic OH excluding ortho intramolecular Hbond substituents is 1. The first-order valence-electron chi connectivity index (χ1n) is 8.88. The standard InChI is InChI=1S/C21H21N3O3/c1-23(2)11-10-22-17(26)12-24-15-8-5-9-16(25)18(15)19-20(24)13-6-3-4-7-14(13)21(19)27/h3-9,25H,10-12H2,1-2H3,(H,22,26). The molecule has 1 aliphatic carbocycles. The molecule has 0 atom stereocenters. The Bertz CT molecular complexity index is 1070. The Labute approximate surface area is 157 Å². The van der Waals surface area contributed by atoms with Crippen LogP contribution in [-0.4, -0.2) is 53.4 Å². The summed E-state index contributed by atoms with van der Waals surface area (Å²) in [5, 5.41) is 13.8. The van der Waals surface area contributed by atoms with E-state index < -0.39 is 0 Å². The average Bonchev–Trinajstić information content (AvgIpc) is 3.10. The highest BCUT2D eigenvalue weighted by molar-refractivity contribution is 6.28. The van der Waals surface area contributed by atoms with Crippen molar-refractivity contribution in [3.63, 3.8) is 0 Å². The molecule has 0 saturated carbocycles. The van der Waals surface area contributed by atoms with Gasteiger partial charge in [0.25, 0.3) is 0 Å². The minimum atomic E-state index is -0.128. The lowest BCUT2D eigenvalue weighted by molar-refractivity contribution is -0.121. The summed E-state index contributed by atoms with van der Waals surface area (Å²) in [6, 6.07) is 12.5. The Kier molecular flexibility index (Phi) is 4.20. The fourth-order valence-corrected chi connectivity index (χ4v) is 3.69. The number of nitrogens with one attached hydrogen (secondary N) is 1. The van der Waals surface area contributed by atoms with Crippen LogP contribution in [0, 0.1) is 0 Å². The molecule has 0 radical (unpaired) electrons. The molecule has 138 valence electrons. The highest BCUT2D eigenvalue weighted by Crippen LogP contribution is 2.45. The number of benzene rings is 2. The maximum absolute atomic E-state index is 13.0.